The summed E-state index contributed by atoms with van der Waals surface area (Å²) in [5.41, 5.74) is 1.07. The summed E-state index contributed by atoms with van der Waals surface area (Å²) in [5, 5.41) is 8.73. The van der Waals surface area contributed by atoms with Crippen LogP contribution in [0.3, 0.4) is 0 Å². The SMILES string of the molecule is O=C(O)/C=C/c1cccc(F)c1N1CC2CCC(C1)O2. The molecule has 2 heterocycles. The maximum atomic E-state index is 14.2. The average Bonchev–Trinajstić information content (AvgIpc) is 2.75. The molecular weight excluding hydrogens is 261 g/mol. The second kappa shape index (κ2) is 5.25. The third-order valence-corrected chi connectivity index (χ3v) is 3.78. The molecule has 2 bridgehead atoms. The van der Waals surface area contributed by atoms with Crippen LogP contribution in [0, 0.1) is 5.82 Å². The minimum absolute atomic E-state index is 0.157. The fourth-order valence-electron chi connectivity index (χ4n) is 2.96. The predicted octanol–water partition coefficient (Wildman–Crippen LogP) is 2.29. The van der Waals surface area contributed by atoms with Crippen LogP contribution in [0.25, 0.3) is 6.08 Å². The molecule has 0 radical (unpaired) electrons. The van der Waals surface area contributed by atoms with Crippen molar-refractivity contribution >= 4 is 17.7 Å². The molecule has 0 aromatic heterocycles. The van der Waals surface area contributed by atoms with Gasteiger partial charge >= 0.3 is 5.97 Å². The molecule has 0 saturated carbocycles. The monoisotopic (exact) mass is 277 g/mol. The van der Waals surface area contributed by atoms with Crippen molar-refractivity contribution < 1.29 is 19.0 Å². The number of para-hydroxylation sites is 1. The van der Waals surface area contributed by atoms with E-state index in [9.17, 15) is 9.18 Å². The lowest BCUT2D eigenvalue weighted by Crippen LogP contribution is -2.43. The molecule has 2 unspecified atom stereocenters. The number of anilines is 1. The Morgan fingerprint density at radius 1 is 1.35 bits per heavy atom. The molecule has 106 valence electrons. The Hall–Kier alpha value is -1.88. The van der Waals surface area contributed by atoms with Gasteiger partial charge in [-0.2, -0.15) is 0 Å². The highest BCUT2D eigenvalue weighted by Crippen LogP contribution is 2.33. The number of rotatable bonds is 3. The van der Waals surface area contributed by atoms with Crippen LogP contribution in [0.2, 0.25) is 0 Å². The molecule has 5 heteroatoms. The van der Waals surface area contributed by atoms with Crippen LogP contribution >= 0.6 is 0 Å². The fourth-order valence-corrected chi connectivity index (χ4v) is 2.96. The Morgan fingerprint density at radius 2 is 2.05 bits per heavy atom. The zero-order valence-corrected chi connectivity index (χ0v) is 11.0. The van der Waals surface area contributed by atoms with Crippen molar-refractivity contribution in [1.82, 2.24) is 0 Å². The standard InChI is InChI=1S/C15H16FNO3/c16-13-3-1-2-10(4-7-14(18)19)15(13)17-8-11-5-6-12(9-17)20-11/h1-4,7,11-12H,5-6,8-9H2,(H,18,19)/b7-4+. The van der Waals surface area contributed by atoms with E-state index in [0.717, 1.165) is 18.9 Å². The summed E-state index contributed by atoms with van der Waals surface area (Å²) < 4.78 is 19.9. The first kappa shape index (κ1) is 13.1. The molecule has 1 aromatic carbocycles. The largest absolute Gasteiger partial charge is 0.478 e. The molecule has 20 heavy (non-hydrogen) atoms. The summed E-state index contributed by atoms with van der Waals surface area (Å²) in [5.74, 6) is -1.36. The molecule has 1 N–H and O–H groups in total. The maximum absolute atomic E-state index is 14.2. The molecule has 0 spiro atoms. The van der Waals surface area contributed by atoms with E-state index in [4.69, 9.17) is 9.84 Å². The summed E-state index contributed by atoms with van der Waals surface area (Å²) >= 11 is 0. The third kappa shape index (κ3) is 2.54. The molecule has 4 nitrogen and oxygen atoms in total. The van der Waals surface area contributed by atoms with E-state index in [2.05, 4.69) is 0 Å². The molecule has 2 fully saturated rings. The summed E-state index contributed by atoms with van der Waals surface area (Å²) in [6, 6.07) is 4.73. The number of carboxylic acid groups (broad SMARTS) is 1. The quantitative estimate of drug-likeness (QED) is 0.861. The van der Waals surface area contributed by atoms with Gasteiger partial charge in [0.1, 0.15) is 5.82 Å². The van der Waals surface area contributed by atoms with Gasteiger partial charge in [0.25, 0.3) is 0 Å². The first-order valence-electron chi connectivity index (χ1n) is 6.73. The van der Waals surface area contributed by atoms with Gasteiger partial charge in [0.05, 0.1) is 17.9 Å². The van der Waals surface area contributed by atoms with Crippen LogP contribution in [0.4, 0.5) is 10.1 Å². The number of nitrogens with zero attached hydrogens (tertiary/aromatic N) is 1. The summed E-state index contributed by atoms with van der Waals surface area (Å²) in [6.07, 6.45) is 4.81. The highest BCUT2D eigenvalue weighted by molar-refractivity contribution is 5.87. The van der Waals surface area contributed by atoms with E-state index in [1.54, 1.807) is 12.1 Å². The summed E-state index contributed by atoms with van der Waals surface area (Å²) in [7, 11) is 0. The van der Waals surface area contributed by atoms with Crippen LogP contribution in [-0.2, 0) is 9.53 Å². The van der Waals surface area contributed by atoms with Gasteiger partial charge < -0.3 is 14.7 Å². The first-order chi connectivity index (χ1) is 9.63. The highest BCUT2D eigenvalue weighted by atomic mass is 19.1. The lowest BCUT2D eigenvalue weighted by molar-refractivity contribution is -0.131. The van der Waals surface area contributed by atoms with Crippen molar-refractivity contribution in [1.29, 1.82) is 0 Å². The van der Waals surface area contributed by atoms with E-state index in [0.29, 0.717) is 24.3 Å². The van der Waals surface area contributed by atoms with Crippen LogP contribution < -0.4 is 4.90 Å². The van der Waals surface area contributed by atoms with Crippen molar-refractivity contribution in [3.63, 3.8) is 0 Å². The van der Waals surface area contributed by atoms with Crippen LogP contribution in [-0.4, -0.2) is 36.4 Å². The molecule has 2 saturated heterocycles. The molecule has 0 amide bonds. The molecule has 3 rings (SSSR count). The Balaban J connectivity index is 1.93. The summed E-state index contributed by atoms with van der Waals surface area (Å²) in [4.78, 5) is 12.6. The minimum Gasteiger partial charge on any atom is -0.478 e. The first-order valence-corrected chi connectivity index (χ1v) is 6.73. The number of benzene rings is 1. The second-order valence-corrected chi connectivity index (χ2v) is 5.21. The number of aliphatic carboxylic acids is 1. The van der Waals surface area contributed by atoms with Gasteiger partial charge in [0, 0.05) is 24.7 Å². The molecule has 1 aromatic rings. The van der Waals surface area contributed by atoms with Crippen molar-refractivity contribution in [2.24, 2.45) is 0 Å². The Labute approximate surface area is 116 Å². The highest BCUT2D eigenvalue weighted by Gasteiger charge is 2.35. The van der Waals surface area contributed by atoms with Crippen LogP contribution in [0.15, 0.2) is 24.3 Å². The minimum atomic E-state index is -1.04. The van der Waals surface area contributed by atoms with Crippen molar-refractivity contribution in [2.75, 3.05) is 18.0 Å². The van der Waals surface area contributed by atoms with Gasteiger partial charge in [-0.25, -0.2) is 9.18 Å². The number of carbonyl (C=O) groups is 1. The summed E-state index contributed by atoms with van der Waals surface area (Å²) in [6.45, 7) is 1.32. The van der Waals surface area contributed by atoms with Gasteiger partial charge in [-0.05, 0) is 25.0 Å². The van der Waals surface area contributed by atoms with Gasteiger partial charge in [-0.15, -0.1) is 0 Å². The average molecular weight is 277 g/mol. The number of hydrogen-bond acceptors (Lipinski definition) is 3. The van der Waals surface area contributed by atoms with E-state index < -0.39 is 5.97 Å². The number of carboxylic acids is 1. The molecule has 0 aliphatic carbocycles. The third-order valence-electron chi connectivity index (χ3n) is 3.78. The lowest BCUT2D eigenvalue weighted by Gasteiger charge is -2.34. The zero-order valence-electron chi connectivity index (χ0n) is 11.0. The van der Waals surface area contributed by atoms with E-state index >= 15 is 0 Å². The van der Waals surface area contributed by atoms with Crippen molar-refractivity contribution in [3.05, 3.63) is 35.7 Å². The van der Waals surface area contributed by atoms with E-state index in [1.165, 1.54) is 12.1 Å². The number of hydrogen-bond donors (Lipinski definition) is 1. The molecule has 2 aliphatic heterocycles. The Bertz CT molecular complexity index is 546. The van der Waals surface area contributed by atoms with Crippen LogP contribution in [0.1, 0.15) is 18.4 Å². The predicted molar refractivity (Wildman–Crippen MR) is 73.2 cm³/mol. The Morgan fingerprint density at radius 3 is 2.70 bits per heavy atom. The molecular formula is C15H16FNO3. The van der Waals surface area contributed by atoms with Gasteiger partial charge in [0.2, 0.25) is 0 Å². The lowest BCUT2D eigenvalue weighted by atomic mass is 10.1. The van der Waals surface area contributed by atoms with E-state index in [-0.39, 0.29) is 18.0 Å². The number of ether oxygens (including phenoxy) is 1. The maximum Gasteiger partial charge on any atom is 0.328 e. The van der Waals surface area contributed by atoms with Gasteiger partial charge in [0.15, 0.2) is 0 Å². The van der Waals surface area contributed by atoms with Crippen molar-refractivity contribution in [3.8, 4) is 0 Å². The normalized spacial score (nSPS) is 25.4. The molecule has 2 atom stereocenters. The van der Waals surface area contributed by atoms with Crippen molar-refractivity contribution in [2.45, 2.75) is 25.0 Å². The number of halogens is 1. The molecule has 2 aliphatic rings. The van der Waals surface area contributed by atoms with E-state index in [1.807, 2.05) is 4.90 Å². The van der Waals surface area contributed by atoms with Gasteiger partial charge in [-0.1, -0.05) is 12.1 Å². The second-order valence-electron chi connectivity index (χ2n) is 5.21. The topological polar surface area (TPSA) is 49.8 Å². The van der Waals surface area contributed by atoms with Gasteiger partial charge in [-0.3, -0.25) is 0 Å². The smallest absolute Gasteiger partial charge is 0.328 e. The number of fused-ring (bicyclic) bond motifs is 2. The van der Waals surface area contributed by atoms with Crippen LogP contribution in [0.5, 0.6) is 0 Å². The number of morpholine rings is 1. The fraction of sp³-hybridized carbons (Fsp3) is 0.400. The Kier molecular flexibility index (Phi) is 3.44. The zero-order chi connectivity index (χ0) is 14.1.